The third kappa shape index (κ3) is 5.10. The van der Waals surface area contributed by atoms with Gasteiger partial charge in [-0.05, 0) is 35.1 Å². The molecule has 0 spiro atoms. The molecule has 0 aliphatic carbocycles. The van der Waals surface area contributed by atoms with Gasteiger partial charge in [-0.3, -0.25) is 0 Å². The summed E-state index contributed by atoms with van der Waals surface area (Å²) in [6.07, 6.45) is 3.65. The third-order valence-electron chi connectivity index (χ3n) is 4.23. The first kappa shape index (κ1) is 19.0. The van der Waals surface area contributed by atoms with Crippen molar-refractivity contribution >= 4 is 19.8 Å². The highest BCUT2D eigenvalue weighted by Crippen LogP contribution is 2.36. The predicted molar refractivity (Wildman–Crippen MR) is 109 cm³/mol. The molecule has 3 heteroatoms. The number of hydrogen-bond donors (Lipinski definition) is 1. The van der Waals surface area contributed by atoms with Crippen LogP contribution in [0, 0.1) is 0 Å². The lowest BCUT2D eigenvalue weighted by molar-refractivity contribution is 0.0355. The summed E-state index contributed by atoms with van der Waals surface area (Å²) in [5.74, 6) is 0. The van der Waals surface area contributed by atoms with Gasteiger partial charge in [0.2, 0.25) is 0 Å². The molecule has 2 aromatic rings. The van der Waals surface area contributed by atoms with Crippen LogP contribution in [0.3, 0.4) is 0 Å². The van der Waals surface area contributed by atoms with Crippen molar-refractivity contribution in [3.63, 3.8) is 0 Å². The average molecular weight is 357 g/mol. The summed E-state index contributed by atoms with van der Waals surface area (Å²) in [6.45, 7) is 9.15. The lowest BCUT2D eigenvalue weighted by Gasteiger charge is -2.28. The van der Waals surface area contributed by atoms with Crippen molar-refractivity contribution in [1.82, 2.24) is 0 Å². The molecule has 0 radical (unpaired) electrons. The Bertz CT molecular complexity index is 661. The zero-order chi connectivity index (χ0) is 17.6. The van der Waals surface area contributed by atoms with Crippen molar-refractivity contribution in [1.29, 1.82) is 0 Å². The van der Waals surface area contributed by atoms with E-state index in [1.807, 2.05) is 48.2 Å². The van der Waals surface area contributed by atoms with E-state index < -0.39 is 13.7 Å². The van der Waals surface area contributed by atoms with E-state index in [0.29, 0.717) is 12.8 Å². The van der Waals surface area contributed by atoms with E-state index in [1.165, 1.54) is 9.42 Å². The van der Waals surface area contributed by atoms with E-state index in [2.05, 4.69) is 56.9 Å². The van der Waals surface area contributed by atoms with Gasteiger partial charge in [-0.2, -0.15) is 0 Å². The fraction of sp³-hybridized carbons (Fsp3) is 0.333. The highest BCUT2D eigenvalue weighted by atomic mass is 32.2. The van der Waals surface area contributed by atoms with Gasteiger partial charge in [0.15, 0.2) is 0 Å². The number of rotatable bonds is 7. The number of benzene rings is 2. The summed E-state index contributed by atoms with van der Waals surface area (Å²) in [5, 5.41) is 11.1. The molecule has 0 amide bonds. The van der Waals surface area contributed by atoms with Gasteiger partial charge in [0.1, 0.15) is 0 Å². The first-order chi connectivity index (χ1) is 11.3. The zero-order valence-electron chi connectivity index (χ0n) is 15.1. The van der Waals surface area contributed by atoms with Crippen molar-refractivity contribution in [2.24, 2.45) is 0 Å². The van der Waals surface area contributed by atoms with Gasteiger partial charge >= 0.3 is 0 Å². The van der Waals surface area contributed by atoms with Gasteiger partial charge in [0.05, 0.1) is 13.7 Å². The molecular weight excluding hydrogens is 328 g/mol. The van der Waals surface area contributed by atoms with Gasteiger partial charge in [-0.1, -0.05) is 92.9 Å². The molecule has 0 saturated carbocycles. The van der Waals surface area contributed by atoms with Crippen LogP contribution in [0.25, 0.3) is 0 Å². The Morgan fingerprint density at radius 2 is 1.54 bits per heavy atom. The van der Waals surface area contributed by atoms with Crippen LogP contribution in [0.2, 0.25) is 19.6 Å². The molecule has 1 N–H and O–H groups in total. The van der Waals surface area contributed by atoms with Gasteiger partial charge in [0.25, 0.3) is 0 Å². The van der Waals surface area contributed by atoms with Crippen molar-refractivity contribution < 1.29 is 5.11 Å². The van der Waals surface area contributed by atoms with Crippen LogP contribution in [0.5, 0.6) is 0 Å². The lowest BCUT2D eigenvalue weighted by atomic mass is 9.88. The van der Waals surface area contributed by atoms with Crippen LogP contribution in [-0.4, -0.2) is 13.2 Å². The summed E-state index contributed by atoms with van der Waals surface area (Å²) in [6, 6.07) is 20.6. The first-order valence-electron chi connectivity index (χ1n) is 8.56. The molecule has 1 nitrogen and oxygen atoms in total. The minimum Gasteiger partial charge on any atom is -0.385 e. The Hall–Kier alpha value is -1.29. The second-order valence-electron chi connectivity index (χ2n) is 7.19. The SMILES string of the molecule is CCC(O)(C/C=C(\Sc1ccccc1)[Si](C)(C)C)c1ccccc1. The summed E-state index contributed by atoms with van der Waals surface area (Å²) < 4.78 is 1.43. The van der Waals surface area contributed by atoms with Crippen LogP contribution >= 0.6 is 11.8 Å². The van der Waals surface area contributed by atoms with E-state index in [0.717, 1.165) is 5.56 Å². The van der Waals surface area contributed by atoms with Gasteiger partial charge in [-0.25, -0.2) is 0 Å². The standard InChI is InChI=1S/C21H28OSSi/c1-5-21(22,18-12-8-6-9-13-18)17-16-20(24(2,3)4)23-19-14-10-7-11-15-19/h6-16,22H,5,17H2,1-4H3/b20-16+. The maximum Gasteiger partial charge on any atom is 0.0928 e. The van der Waals surface area contributed by atoms with E-state index in [-0.39, 0.29) is 0 Å². The Morgan fingerprint density at radius 1 is 1.00 bits per heavy atom. The molecule has 0 saturated heterocycles. The fourth-order valence-corrected chi connectivity index (χ4v) is 5.60. The first-order valence-corrected chi connectivity index (χ1v) is 12.9. The Kier molecular flexibility index (Phi) is 6.50. The minimum absolute atomic E-state index is 0.660. The van der Waals surface area contributed by atoms with E-state index in [1.54, 1.807) is 0 Å². The minimum atomic E-state index is -1.47. The molecule has 0 aliphatic rings. The number of aliphatic hydroxyl groups is 1. The largest absolute Gasteiger partial charge is 0.385 e. The van der Waals surface area contributed by atoms with Crippen molar-refractivity contribution in [2.75, 3.05) is 0 Å². The molecule has 24 heavy (non-hydrogen) atoms. The van der Waals surface area contributed by atoms with Gasteiger partial charge in [-0.15, -0.1) is 0 Å². The topological polar surface area (TPSA) is 20.2 Å². The van der Waals surface area contributed by atoms with E-state index in [4.69, 9.17) is 0 Å². The Morgan fingerprint density at radius 3 is 2.04 bits per heavy atom. The van der Waals surface area contributed by atoms with Crippen LogP contribution in [0.4, 0.5) is 0 Å². The zero-order valence-corrected chi connectivity index (χ0v) is 16.9. The summed E-state index contributed by atoms with van der Waals surface area (Å²) in [4.78, 5) is 1.27. The monoisotopic (exact) mass is 356 g/mol. The van der Waals surface area contributed by atoms with Gasteiger partial charge in [0, 0.05) is 4.90 Å². The van der Waals surface area contributed by atoms with Crippen LogP contribution < -0.4 is 0 Å². The maximum absolute atomic E-state index is 11.1. The third-order valence-corrected chi connectivity index (χ3v) is 8.95. The van der Waals surface area contributed by atoms with E-state index >= 15 is 0 Å². The lowest BCUT2D eigenvalue weighted by Crippen LogP contribution is -2.26. The van der Waals surface area contributed by atoms with Crippen LogP contribution in [-0.2, 0) is 5.60 Å². The predicted octanol–water partition coefficient (Wildman–Crippen LogP) is 6.23. The Labute approximate surface area is 151 Å². The highest BCUT2D eigenvalue weighted by molar-refractivity contribution is 8.05. The average Bonchev–Trinajstić information content (AvgIpc) is 2.59. The number of hydrogen-bond acceptors (Lipinski definition) is 2. The van der Waals surface area contributed by atoms with Crippen molar-refractivity contribution in [2.45, 2.75) is 49.9 Å². The highest BCUT2D eigenvalue weighted by Gasteiger charge is 2.28. The molecule has 2 aromatic carbocycles. The maximum atomic E-state index is 11.1. The molecule has 1 unspecified atom stereocenters. The molecule has 0 aliphatic heterocycles. The summed E-state index contributed by atoms with van der Waals surface area (Å²) >= 11 is 1.85. The van der Waals surface area contributed by atoms with Crippen LogP contribution in [0.1, 0.15) is 25.3 Å². The molecule has 0 heterocycles. The molecule has 2 rings (SSSR count). The van der Waals surface area contributed by atoms with Gasteiger partial charge < -0.3 is 5.11 Å². The normalized spacial score (nSPS) is 15.1. The molecule has 0 aromatic heterocycles. The Balaban J connectivity index is 2.26. The quantitative estimate of drug-likeness (QED) is 0.469. The molecular formula is C21H28OSSi. The summed E-state index contributed by atoms with van der Waals surface area (Å²) in [5.41, 5.74) is 0.215. The number of thioether (sulfide) groups is 1. The van der Waals surface area contributed by atoms with Crippen molar-refractivity contribution in [3.05, 3.63) is 76.8 Å². The second-order valence-corrected chi connectivity index (χ2v) is 13.7. The second kappa shape index (κ2) is 8.19. The molecule has 0 bridgehead atoms. The van der Waals surface area contributed by atoms with Crippen molar-refractivity contribution in [3.8, 4) is 0 Å². The van der Waals surface area contributed by atoms with E-state index in [9.17, 15) is 5.11 Å². The fourth-order valence-electron chi connectivity index (χ4n) is 2.59. The molecule has 1 atom stereocenters. The smallest absolute Gasteiger partial charge is 0.0928 e. The molecule has 128 valence electrons. The summed E-state index contributed by atoms with van der Waals surface area (Å²) in [7, 11) is -1.47. The molecule has 0 fully saturated rings. The van der Waals surface area contributed by atoms with Crippen LogP contribution in [0.15, 0.2) is 76.2 Å².